The number of carbonyl (C=O) groups is 1. The molecule has 0 atom stereocenters. The Hall–Kier alpha value is -1.29. The molecule has 0 unspecified atom stereocenters. The Kier molecular flexibility index (Phi) is 5.85. The second-order valence-corrected chi connectivity index (χ2v) is 6.08. The van der Waals surface area contributed by atoms with E-state index < -0.39 is 0 Å². The molecule has 1 N–H and O–H groups in total. The van der Waals surface area contributed by atoms with Crippen LogP contribution in [0.2, 0.25) is 10.0 Å². The lowest BCUT2D eigenvalue weighted by Crippen LogP contribution is -2.20. The van der Waals surface area contributed by atoms with Crippen molar-refractivity contribution in [1.29, 1.82) is 0 Å². The first-order valence-electron chi connectivity index (χ1n) is 6.20. The minimum atomic E-state index is -0.163. The first-order valence-corrected chi connectivity index (χ1v) is 7.75. The molecular weight excluding hydrogens is 373 g/mol. The fraction of sp³-hybridized carbons (Fsp3) is 0.0625. The van der Waals surface area contributed by atoms with Crippen LogP contribution in [-0.4, -0.2) is 5.91 Å². The highest BCUT2D eigenvalue weighted by molar-refractivity contribution is 9.10. The zero-order valence-corrected chi connectivity index (χ0v) is 14.0. The zero-order valence-electron chi connectivity index (χ0n) is 10.9. The standard InChI is InChI=1S/C16H12BrCl2NO/c17-13-5-1-11(2-6-13)4-8-16(21)20-10-12-3-7-14(18)15(19)9-12/h1-9H,10H2,(H,20,21)/b8-4+. The molecular formula is C16H12BrCl2NO. The molecule has 0 aliphatic heterocycles. The lowest BCUT2D eigenvalue weighted by Gasteiger charge is -2.04. The first kappa shape index (κ1) is 16.1. The second kappa shape index (κ2) is 7.64. The lowest BCUT2D eigenvalue weighted by atomic mass is 10.2. The highest BCUT2D eigenvalue weighted by atomic mass is 79.9. The minimum absolute atomic E-state index is 0.163. The molecule has 2 aromatic carbocycles. The van der Waals surface area contributed by atoms with E-state index in [-0.39, 0.29) is 5.91 Å². The molecule has 0 saturated heterocycles. The molecule has 0 bridgehead atoms. The maximum Gasteiger partial charge on any atom is 0.244 e. The molecule has 0 fully saturated rings. The average molecular weight is 385 g/mol. The summed E-state index contributed by atoms with van der Waals surface area (Å²) in [4.78, 5) is 11.7. The van der Waals surface area contributed by atoms with Crippen molar-refractivity contribution in [1.82, 2.24) is 5.32 Å². The first-order chi connectivity index (χ1) is 10.0. The van der Waals surface area contributed by atoms with Crippen molar-refractivity contribution in [3.05, 3.63) is 74.2 Å². The lowest BCUT2D eigenvalue weighted by molar-refractivity contribution is -0.116. The summed E-state index contributed by atoms with van der Waals surface area (Å²) in [5, 5.41) is 3.77. The van der Waals surface area contributed by atoms with Gasteiger partial charge >= 0.3 is 0 Å². The number of nitrogens with one attached hydrogen (secondary N) is 1. The molecule has 0 aliphatic carbocycles. The van der Waals surface area contributed by atoms with E-state index in [4.69, 9.17) is 23.2 Å². The van der Waals surface area contributed by atoms with Gasteiger partial charge in [-0.3, -0.25) is 4.79 Å². The van der Waals surface area contributed by atoms with Crippen LogP contribution in [0.1, 0.15) is 11.1 Å². The van der Waals surface area contributed by atoms with Crippen molar-refractivity contribution in [3.8, 4) is 0 Å². The van der Waals surface area contributed by atoms with Gasteiger partial charge in [0.25, 0.3) is 0 Å². The highest BCUT2D eigenvalue weighted by Gasteiger charge is 2.01. The van der Waals surface area contributed by atoms with Crippen molar-refractivity contribution >= 4 is 51.1 Å². The summed E-state index contributed by atoms with van der Waals surface area (Å²) in [5.41, 5.74) is 1.86. The third kappa shape index (κ3) is 5.20. The van der Waals surface area contributed by atoms with Crippen molar-refractivity contribution in [2.24, 2.45) is 0 Å². The number of hydrogen-bond donors (Lipinski definition) is 1. The molecule has 2 aromatic rings. The SMILES string of the molecule is O=C(/C=C/c1ccc(Br)cc1)NCc1ccc(Cl)c(Cl)c1. The molecule has 2 rings (SSSR count). The smallest absolute Gasteiger partial charge is 0.244 e. The Morgan fingerprint density at radius 1 is 1.10 bits per heavy atom. The van der Waals surface area contributed by atoms with Gasteiger partial charge in [0.1, 0.15) is 0 Å². The number of carbonyl (C=O) groups excluding carboxylic acids is 1. The second-order valence-electron chi connectivity index (χ2n) is 4.35. The summed E-state index contributed by atoms with van der Waals surface area (Å²) in [6, 6.07) is 13.0. The zero-order chi connectivity index (χ0) is 15.2. The fourth-order valence-electron chi connectivity index (χ4n) is 1.64. The molecule has 0 radical (unpaired) electrons. The van der Waals surface area contributed by atoms with Crippen LogP contribution in [0, 0.1) is 0 Å². The maximum absolute atomic E-state index is 11.7. The Morgan fingerprint density at radius 2 is 1.81 bits per heavy atom. The number of rotatable bonds is 4. The van der Waals surface area contributed by atoms with Crippen LogP contribution >= 0.6 is 39.1 Å². The normalized spacial score (nSPS) is 10.8. The number of hydrogen-bond acceptors (Lipinski definition) is 1. The summed E-state index contributed by atoms with van der Waals surface area (Å²) < 4.78 is 1.00. The van der Waals surface area contributed by atoms with E-state index in [0.717, 1.165) is 15.6 Å². The summed E-state index contributed by atoms with van der Waals surface area (Å²) in [5.74, 6) is -0.163. The van der Waals surface area contributed by atoms with Gasteiger partial charge in [0.2, 0.25) is 5.91 Å². The van der Waals surface area contributed by atoms with Gasteiger partial charge in [-0.2, -0.15) is 0 Å². The number of amides is 1. The molecule has 0 spiro atoms. The van der Waals surface area contributed by atoms with Gasteiger partial charge in [-0.05, 0) is 41.5 Å². The monoisotopic (exact) mass is 383 g/mol. The van der Waals surface area contributed by atoms with Crippen LogP contribution < -0.4 is 5.32 Å². The van der Waals surface area contributed by atoms with Crippen LogP contribution in [0.4, 0.5) is 0 Å². The Balaban J connectivity index is 1.89. The fourth-order valence-corrected chi connectivity index (χ4v) is 2.23. The van der Waals surface area contributed by atoms with Gasteiger partial charge in [0.05, 0.1) is 10.0 Å². The van der Waals surface area contributed by atoms with Gasteiger partial charge in [-0.25, -0.2) is 0 Å². The highest BCUT2D eigenvalue weighted by Crippen LogP contribution is 2.22. The quantitative estimate of drug-likeness (QED) is 0.731. The topological polar surface area (TPSA) is 29.1 Å². The van der Waals surface area contributed by atoms with Gasteiger partial charge < -0.3 is 5.32 Å². The molecule has 0 aromatic heterocycles. The predicted molar refractivity (Wildman–Crippen MR) is 91.5 cm³/mol. The average Bonchev–Trinajstić information content (AvgIpc) is 2.48. The molecule has 0 saturated carbocycles. The van der Waals surface area contributed by atoms with E-state index >= 15 is 0 Å². The van der Waals surface area contributed by atoms with Crippen LogP contribution in [0.3, 0.4) is 0 Å². The van der Waals surface area contributed by atoms with E-state index in [1.165, 1.54) is 6.08 Å². The summed E-state index contributed by atoms with van der Waals surface area (Å²) >= 11 is 15.1. The molecule has 0 heterocycles. The van der Waals surface area contributed by atoms with E-state index in [9.17, 15) is 4.79 Å². The van der Waals surface area contributed by atoms with E-state index in [1.54, 1.807) is 18.2 Å². The molecule has 0 aliphatic rings. The van der Waals surface area contributed by atoms with E-state index in [0.29, 0.717) is 16.6 Å². The van der Waals surface area contributed by atoms with Gasteiger partial charge in [-0.15, -0.1) is 0 Å². The molecule has 2 nitrogen and oxygen atoms in total. The Bertz CT molecular complexity index is 668. The third-order valence-electron chi connectivity index (χ3n) is 2.75. The Morgan fingerprint density at radius 3 is 2.48 bits per heavy atom. The third-order valence-corrected chi connectivity index (χ3v) is 4.02. The maximum atomic E-state index is 11.7. The van der Waals surface area contributed by atoms with Crippen molar-refractivity contribution in [3.63, 3.8) is 0 Å². The van der Waals surface area contributed by atoms with Gasteiger partial charge in [-0.1, -0.05) is 57.3 Å². The van der Waals surface area contributed by atoms with Crippen molar-refractivity contribution in [2.75, 3.05) is 0 Å². The predicted octanol–water partition coefficient (Wildman–Crippen LogP) is 5.09. The number of halogens is 3. The molecule has 108 valence electrons. The van der Waals surface area contributed by atoms with E-state index in [2.05, 4.69) is 21.2 Å². The number of benzene rings is 2. The van der Waals surface area contributed by atoms with Crippen molar-refractivity contribution < 1.29 is 4.79 Å². The molecule has 1 amide bonds. The molecule has 5 heteroatoms. The van der Waals surface area contributed by atoms with Crippen molar-refractivity contribution in [2.45, 2.75) is 6.54 Å². The Labute approximate surface area is 141 Å². The van der Waals surface area contributed by atoms with Gasteiger partial charge in [0.15, 0.2) is 0 Å². The molecule has 21 heavy (non-hydrogen) atoms. The summed E-state index contributed by atoms with van der Waals surface area (Å²) in [7, 11) is 0. The minimum Gasteiger partial charge on any atom is -0.348 e. The summed E-state index contributed by atoms with van der Waals surface area (Å²) in [6.07, 6.45) is 3.26. The van der Waals surface area contributed by atoms with Crippen LogP contribution in [0.25, 0.3) is 6.08 Å². The van der Waals surface area contributed by atoms with Crippen LogP contribution in [-0.2, 0) is 11.3 Å². The largest absolute Gasteiger partial charge is 0.348 e. The van der Waals surface area contributed by atoms with Crippen LogP contribution in [0.15, 0.2) is 53.0 Å². The van der Waals surface area contributed by atoms with Gasteiger partial charge in [0, 0.05) is 17.1 Å². The van der Waals surface area contributed by atoms with Crippen LogP contribution in [0.5, 0.6) is 0 Å². The summed E-state index contributed by atoms with van der Waals surface area (Å²) in [6.45, 7) is 0.403. The van der Waals surface area contributed by atoms with E-state index in [1.807, 2.05) is 30.3 Å².